The molecular formula is C21H22N4O. The fraction of sp³-hybridized carbons (Fsp3) is 0.190. The van der Waals surface area contributed by atoms with E-state index in [1.807, 2.05) is 50.2 Å². The molecular weight excluding hydrogens is 324 g/mol. The van der Waals surface area contributed by atoms with Gasteiger partial charge < -0.3 is 10.6 Å². The Morgan fingerprint density at radius 1 is 0.962 bits per heavy atom. The van der Waals surface area contributed by atoms with Crippen LogP contribution in [0.1, 0.15) is 34.0 Å². The Morgan fingerprint density at radius 3 is 2.27 bits per heavy atom. The number of carbonyl (C=O) groups is 1. The number of nitrogens with one attached hydrogen (secondary N) is 2. The lowest BCUT2D eigenvalue weighted by atomic mass is 10.1. The molecule has 0 radical (unpaired) electrons. The van der Waals surface area contributed by atoms with Gasteiger partial charge in [0, 0.05) is 23.8 Å². The lowest BCUT2D eigenvalue weighted by Crippen LogP contribution is -2.14. The van der Waals surface area contributed by atoms with Gasteiger partial charge >= 0.3 is 0 Å². The molecule has 0 unspecified atom stereocenters. The van der Waals surface area contributed by atoms with Crippen molar-refractivity contribution >= 4 is 23.2 Å². The van der Waals surface area contributed by atoms with Crippen molar-refractivity contribution in [2.75, 3.05) is 10.6 Å². The monoisotopic (exact) mass is 346 g/mol. The number of hydrogen-bond donors (Lipinski definition) is 2. The number of amides is 1. The lowest BCUT2D eigenvalue weighted by molar-refractivity contribution is 0.102. The maximum Gasteiger partial charge on any atom is 0.258 e. The molecule has 0 spiro atoms. The molecule has 26 heavy (non-hydrogen) atoms. The van der Waals surface area contributed by atoms with Gasteiger partial charge in [-0.05, 0) is 43.0 Å². The van der Waals surface area contributed by atoms with Gasteiger partial charge in [-0.1, -0.05) is 43.3 Å². The van der Waals surface area contributed by atoms with Crippen molar-refractivity contribution in [3.63, 3.8) is 0 Å². The van der Waals surface area contributed by atoms with E-state index in [0.29, 0.717) is 11.5 Å². The summed E-state index contributed by atoms with van der Waals surface area (Å²) in [7, 11) is 0. The Hall–Kier alpha value is -3.21. The smallest absolute Gasteiger partial charge is 0.258 e. The van der Waals surface area contributed by atoms with Crippen LogP contribution in [0.2, 0.25) is 0 Å². The summed E-state index contributed by atoms with van der Waals surface area (Å²) in [6.45, 7) is 6.04. The third-order valence-electron chi connectivity index (χ3n) is 4.28. The molecule has 1 aromatic heterocycles. The molecule has 0 fully saturated rings. The van der Waals surface area contributed by atoms with Crippen LogP contribution in [0.3, 0.4) is 0 Å². The summed E-state index contributed by atoms with van der Waals surface area (Å²) in [6.07, 6.45) is 3.99. The second kappa shape index (κ2) is 7.78. The van der Waals surface area contributed by atoms with Crippen LogP contribution in [-0.4, -0.2) is 15.9 Å². The van der Waals surface area contributed by atoms with Crippen molar-refractivity contribution in [3.8, 4) is 0 Å². The molecule has 0 saturated carbocycles. The van der Waals surface area contributed by atoms with Crippen molar-refractivity contribution in [2.24, 2.45) is 0 Å². The minimum Gasteiger partial charge on any atom is -0.324 e. The highest BCUT2D eigenvalue weighted by atomic mass is 16.1. The van der Waals surface area contributed by atoms with Crippen molar-refractivity contribution in [1.29, 1.82) is 0 Å². The van der Waals surface area contributed by atoms with Crippen LogP contribution in [-0.2, 0) is 6.42 Å². The van der Waals surface area contributed by atoms with E-state index in [1.54, 1.807) is 0 Å². The van der Waals surface area contributed by atoms with Crippen LogP contribution in [0.5, 0.6) is 0 Å². The van der Waals surface area contributed by atoms with Crippen molar-refractivity contribution in [2.45, 2.75) is 27.2 Å². The second-order valence-electron chi connectivity index (χ2n) is 6.15. The Bertz CT molecular complexity index is 899. The summed E-state index contributed by atoms with van der Waals surface area (Å²) in [4.78, 5) is 21.0. The first-order valence-corrected chi connectivity index (χ1v) is 8.63. The van der Waals surface area contributed by atoms with E-state index in [0.717, 1.165) is 28.9 Å². The molecule has 0 atom stereocenters. The molecule has 3 aromatic rings. The van der Waals surface area contributed by atoms with Crippen molar-refractivity contribution in [3.05, 3.63) is 77.1 Å². The molecule has 0 saturated heterocycles. The molecule has 0 bridgehead atoms. The molecule has 132 valence electrons. The van der Waals surface area contributed by atoms with Crippen LogP contribution >= 0.6 is 0 Å². The molecule has 1 heterocycles. The summed E-state index contributed by atoms with van der Waals surface area (Å²) >= 11 is 0. The largest absolute Gasteiger partial charge is 0.324 e. The first kappa shape index (κ1) is 17.6. The zero-order valence-corrected chi connectivity index (χ0v) is 15.2. The molecule has 2 aromatic carbocycles. The fourth-order valence-electron chi connectivity index (χ4n) is 2.78. The van der Waals surface area contributed by atoms with Crippen molar-refractivity contribution in [1.82, 2.24) is 9.97 Å². The molecule has 1 amide bonds. The van der Waals surface area contributed by atoms with Gasteiger partial charge in [-0.25, -0.2) is 9.97 Å². The SMILES string of the molecule is CCc1ccccc1Nc1ncc(C(=O)Nc2c(C)cccc2C)cn1. The Labute approximate surface area is 153 Å². The lowest BCUT2D eigenvalue weighted by Gasteiger charge is -2.12. The topological polar surface area (TPSA) is 66.9 Å². The zero-order chi connectivity index (χ0) is 18.5. The molecule has 5 heteroatoms. The number of benzene rings is 2. The minimum absolute atomic E-state index is 0.220. The van der Waals surface area contributed by atoms with E-state index in [4.69, 9.17) is 0 Å². The summed E-state index contributed by atoms with van der Waals surface area (Å²) < 4.78 is 0. The summed E-state index contributed by atoms with van der Waals surface area (Å²) in [5, 5.41) is 6.15. The van der Waals surface area contributed by atoms with Gasteiger partial charge in [0.2, 0.25) is 5.95 Å². The van der Waals surface area contributed by atoms with E-state index >= 15 is 0 Å². The standard InChI is InChI=1S/C21H22N4O/c1-4-16-10-5-6-11-18(16)24-21-22-12-17(13-23-21)20(26)25-19-14(2)8-7-9-15(19)3/h5-13H,4H2,1-3H3,(H,25,26)(H,22,23,24). The van der Waals surface area contributed by atoms with Gasteiger partial charge in [-0.3, -0.25) is 4.79 Å². The van der Waals surface area contributed by atoms with Crippen LogP contribution in [0.15, 0.2) is 54.9 Å². The minimum atomic E-state index is -0.220. The Morgan fingerprint density at radius 2 is 1.62 bits per heavy atom. The number of anilines is 3. The van der Waals surface area contributed by atoms with E-state index in [-0.39, 0.29) is 5.91 Å². The first-order valence-electron chi connectivity index (χ1n) is 8.63. The predicted octanol–water partition coefficient (Wildman–Crippen LogP) is 4.65. The average Bonchev–Trinajstić information content (AvgIpc) is 2.66. The Balaban J connectivity index is 1.74. The maximum atomic E-state index is 12.5. The average molecular weight is 346 g/mol. The second-order valence-corrected chi connectivity index (χ2v) is 6.15. The number of aryl methyl sites for hydroxylation is 3. The highest BCUT2D eigenvalue weighted by molar-refractivity contribution is 6.04. The van der Waals surface area contributed by atoms with Crippen LogP contribution < -0.4 is 10.6 Å². The maximum absolute atomic E-state index is 12.5. The third-order valence-corrected chi connectivity index (χ3v) is 4.28. The third kappa shape index (κ3) is 3.88. The van der Waals surface area contributed by atoms with E-state index < -0.39 is 0 Å². The summed E-state index contributed by atoms with van der Waals surface area (Å²) in [6, 6.07) is 13.9. The molecule has 0 aliphatic heterocycles. The van der Waals surface area contributed by atoms with Crippen LogP contribution in [0.25, 0.3) is 0 Å². The zero-order valence-electron chi connectivity index (χ0n) is 15.2. The number of aromatic nitrogens is 2. The number of rotatable bonds is 5. The molecule has 0 aliphatic rings. The molecule has 3 rings (SSSR count). The van der Waals surface area contributed by atoms with Gasteiger partial charge in [-0.2, -0.15) is 0 Å². The van der Waals surface area contributed by atoms with Gasteiger partial charge in [0.05, 0.1) is 5.56 Å². The van der Waals surface area contributed by atoms with Crippen LogP contribution in [0, 0.1) is 13.8 Å². The quantitative estimate of drug-likeness (QED) is 0.705. The van der Waals surface area contributed by atoms with Crippen molar-refractivity contribution < 1.29 is 4.79 Å². The molecule has 5 nitrogen and oxygen atoms in total. The predicted molar refractivity (Wildman–Crippen MR) is 105 cm³/mol. The van der Waals surface area contributed by atoms with E-state index in [2.05, 4.69) is 33.6 Å². The summed E-state index contributed by atoms with van der Waals surface area (Å²) in [5.41, 5.74) is 5.46. The van der Waals surface area contributed by atoms with Gasteiger partial charge in [0.15, 0.2) is 0 Å². The highest BCUT2D eigenvalue weighted by Gasteiger charge is 2.11. The van der Waals surface area contributed by atoms with Gasteiger partial charge in [0.1, 0.15) is 0 Å². The normalized spacial score (nSPS) is 10.4. The Kier molecular flexibility index (Phi) is 5.27. The number of nitrogens with zero attached hydrogens (tertiary/aromatic N) is 2. The number of carbonyl (C=O) groups excluding carboxylic acids is 1. The molecule has 0 aliphatic carbocycles. The highest BCUT2D eigenvalue weighted by Crippen LogP contribution is 2.21. The molecule has 2 N–H and O–H groups in total. The first-order chi connectivity index (χ1) is 12.6. The van der Waals surface area contributed by atoms with E-state index in [9.17, 15) is 4.79 Å². The van der Waals surface area contributed by atoms with E-state index in [1.165, 1.54) is 18.0 Å². The fourth-order valence-corrected chi connectivity index (χ4v) is 2.78. The van der Waals surface area contributed by atoms with Gasteiger partial charge in [-0.15, -0.1) is 0 Å². The number of hydrogen-bond acceptors (Lipinski definition) is 4. The van der Waals surface area contributed by atoms with Gasteiger partial charge in [0.25, 0.3) is 5.91 Å². The number of para-hydroxylation sites is 2. The van der Waals surface area contributed by atoms with Crippen LogP contribution in [0.4, 0.5) is 17.3 Å². The summed E-state index contributed by atoms with van der Waals surface area (Å²) in [5.74, 6) is 0.248.